The Morgan fingerprint density at radius 3 is 3.11 bits per heavy atom. The van der Waals surface area contributed by atoms with Crippen LogP contribution in [0.2, 0.25) is 0 Å². The third-order valence-electron chi connectivity index (χ3n) is 1.06. The highest BCUT2D eigenvalue weighted by molar-refractivity contribution is 5.60. The maximum atomic E-state index is 9.99. The molecule has 0 saturated heterocycles. The number of hydrogen-bond donors (Lipinski definition) is 0. The molecule has 9 heavy (non-hydrogen) atoms. The summed E-state index contributed by atoms with van der Waals surface area (Å²) in [6.45, 7) is 1.70. The predicted molar refractivity (Wildman–Crippen MR) is 30.6 cm³/mol. The second kappa shape index (κ2) is 2.44. The van der Waals surface area contributed by atoms with E-state index < -0.39 is 0 Å². The molecule has 0 aliphatic heterocycles. The number of hydrogen-bond acceptors (Lipinski definition) is 3. The lowest BCUT2D eigenvalue weighted by molar-refractivity contribution is 0.378. The van der Waals surface area contributed by atoms with Gasteiger partial charge in [0.05, 0.1) is 12.1 Å². The van der Waals surface area contributed by atoms with Crippen molar-refractivity contribution in [3.63, 3.8) is 0 Å². The van der Waals surface area contributed by atoms with Gasteiger partial charge in [-0.3, -0.25) is 4.79 Å². The first-order valence-electron chi connectivity index (χ1n) is 2.63. The largest absolute Gasteiger partial charge is 0.361 e. The van der Waals surface area contributed by atoms with Crippen LogP contribution in [-0.4, -0.2) is 11.4 Å². The van der Waals surface area contributed by atoms with Gasteiger partial charge in [0.1, 0.15) is 5.76 Å². The maximum absolute atomic E-state index is 9.99. The molecule has 3 nitrogen and oxygen atoms in total. The van der Waals surface area contributed by atoms with Crippen LogP contribution in [0.4, 0.5) is 0 Å². The Kier molecular flexibility index (Phi) is 1.63. The van der Waals surface area contributed by atoms with E-state index in [-0.39, 0.29) is 5.92 Å². The molecule has 1 atom stereocenters. The van der Waals surface area contributed by atoms with Crippen molar-refractivity contribution >= 4 is 6.29 Å². The molecule has 1 unspecified atom stereocenters. The lowest BCUT2D eigenvalue weighted by atomic mass is 10.1. The van der Waals surface area contributed by atoms with Crippen LogP contribution in [0.25, 0.3) is 0 Å². The van der Waals surface area contributed by atoms with E-state index in [9.17, 15) is 4.79 Å². The van der Waals surface area contributed by atoms with Crippen molar-refractivity contribution in [1.82, 2.24) is 5.16 Å². The molecule has 1 rings (SSSR count). The van der Waals surface area contributed by atoms with Gasteiger partial charge in [-0.15, -0.1) is 0 Å². The van der Waals surface area contributed by atoms with E-state index in [0.717, 1.165) is 0 Å². The summed E-state index contributed by atoms with van der Waals surface area (Å²) in [5, 5.41) is 3.44. The zero-order valence-corrected chi connectivity index (χ0v) is 5.00. The molecule has 0 amide bonds. The summed E-state index contributed by atoms with van der Waals surface area (Å²) in [5.74, 6) is 0.262. The van der Waals surface area contributed by atoms with Gasteiger partial charge in [-0.25, -0.2) is 0 Å². The molecular weight excluding hydrogens is 118 g/mol. The molecule has 0 aliphatic rings. The fraction of sp³-hybridized carbons (Fsp3) is 0.333. The highest BCUT2D eigenvalue weighted by atomic mass is 16.5. The van der Waals surface area contributed by atoms with Crippen LogP contribution in [0.5, 0.6) is 0 Å². The fourth-order valence-electron chi connectivity index (χ4n) is 0.507. The van der Waals surface area contributed by atoms with Gasteiger partial charge in [0, 0.05) is 6.07 Å². The van der Waals surface area contributed by atoms with Crippen molar-refractivity contribution in [1.29, 1.82) is 0 Å². The highest BCUT2D eigenvalue weighted by Crippen LogP contribution is 2.09. The van der Waals surface area contributed by atoms with Gasteiger partial charge in [0.25, 0.3) is 0 Å². The Labute approximate surface area is 52.7 Å². The third-order valence-corrected chi connectivity index (χ3v) is 1.06. The van der Waals surface area contributed by atoms with Gasteiger partial charge < -0.3 is 4.52 Å². The average Bonchev–Trinajstić information content (AvgIpc) is 2.37. The highest BCUT2D eigenvalue weighted by Gasteiger charge is 2.06. The van der Waals surface area contributed by atoms with Gasteiger partial charge in [0.15, 0.2) is 0 Å². The topological polar surface area (TPSA) is 43.1 Å². The Bertz CT molecular complexity index is 181. The maximum Gasteiger partial charge on any atom is 0.209 e. The first kappa shape index (κ1) is 6.01. The van der Waals surface area contributed by atoms with E-state index in [0.29, 0.717) is 5.76 Å². The minimum atomic E-state index is -0.299. The average molecular weight is 124 g/mol. The van der Waals surface area contributed by atoms with E-state index in [4.69, 9.17) is 0 Å². The fourth-order valence-corrected chi connectivity index (χ4v) is 0.507. The molecule has 1 aromatic rings. The van der Waals surface area contributed by atoms with Crippen molar-refractivity contribution in [2.24, 2.45) is 0 Å². The lowest BCUT2D eigenvalue weighted by Gasteiger charge is -1.90. The van der Waals surface area contributed by atoms with Crippen molar-refractivity contribution in [3.05, 3.63) is 18.0 Å². The summed E-state index contributed by atoms with van der Waals surface area (Å²) in [4.78, 5) is 9.99. The summed E-state index contributed by atoms with van der Waals surface area (Å²) < 4.78 is 4.67. The summed E-state index contributed by atoms with van der Waals surface area (Å²) in [7, 11) is 0. The Morgan fingerprint density at radius 2 is 2.67 bits per heavy atom. The van der Waals surface area contributed by atoms with Crippen molar-refractivity contribution in [2.45, 2.75) is 12.8 Å². The van der Waals surface area contributed by atoms with Crippen molar-refractivity contribution < 1.29 is 9.32 Å². The van der Waals surface area contributed by atoms with Crippen LogP contribution in [-0.2, 0) is 4.79 Å². The Balaban J connectivity index is 2.76. The summed E-state index contributed by atoms with van der Waals surface area (Å²) in [5.41, 5.74) is 0. The predicted octanol–water partition coefficient (Wildman–Crippen LogP) is 0.888. The Hall–Kier alpha value is -1.12. The van der Waals surface area contributed by atoms with E-state index in [1.807, 2.05) is 0 Å². The van der Waals surface area contributed by atoms with E-state index >= 15 is 0 Å². The molecule has 0 bridgehead atoms. The summed E-state index contributed by atoms with van der Waals surface area (Å²) in [6.07, 6.45) is 3.29. The van der Waals surface area contributed by atoms with Crippen LogP contribution in [0.15, 0.2) is 16.8 Å². The smallest absolute Gasteiger partial charge is 0.209 e. The molecule has 1 heterocycles. The van der Waals surface area contributed by atoms with Gasteiger partial charge in [-0.05, 0) is 6.92 Å². The molecule has 1 aromatic heterocycles. The SMILES string of the molecule is CC([C]=O)c1ccno1. The number of carbonyl (C=O) groups excluding carboxylic acids is 1. The molecular formula is C6H6NO2. The van der Waals surface area contributed by atoms with Crippen LogP contribution in [0.3, 0.4) is 0 Å². The standard InChI is InChI=1S/C6H6NO2/c1-5(4-8)6-2-3-7-9-6/h2-3,5H,1H3. The summed E-state index contributed by atoms with van der Waals surface area (Å²) in [6, 6.07) is 1.65. The van der Waals surface area contributed by atoms with Crippen LogP contribution < -0.4 is 0 Å². The van der Waals surface area contributed by atoms with E-state index in [1.165, 1.54) is 6.20 Å². The lowest BCUT2D eigenvalue weighted by Crippen LogP contribution is -1.89. The zero-order valence-electron chi connectivity index (χ0n) is 5.00. The van der Waals surface area contributed by atoms with Gasteiger partial charge in [-0.1, -0.05) is 5.16 Å². The Morgan fingerprint density at radius 1 is 1.89 bits per heavy atom. The first-order valence-corrected chi connectivity index (χ1v) is 2.63. The molecule has 3 heteroatoms. The number of rotatable bonds is 2. The van der Waals surface area contributed by atoms with E-state index in [1.54, 1.807) is 19.3 Å². The molecule has 0 aromatic carbocycles. The first-order chi connectivity index (χ1) is 4.34. The van der Waals surface area contributed by atoms with Gasteiger partial charge in [0.2, 0.25) is 6.29 Å². The monoisotopic (exact) mass is 124 g/mol. The molecule has 0 saturated carbocycles. The second-order valence-corrected chi connectivity index (χ2v) is 1.75. The molecule has 47 valence electrons. The number of nitrogens with zero attached hydrogens (tertiary/aromatic N) is 1. The summed E-state index contributed by atoms with van der Waals surface area (Å²) >= 11 is 0. The molecule has 0 fully saturated rings. The zero-order chi connectivity index (χ0) is 6.69. The molecule has 1 radical (unpaired) electrons. The minimum absolute atomic E-state index is 0.299. The second-order valence-electron chi connectivity index (χ2n) is 1.75. The molecule has 0 N–H and O–H groups in total. The van der Waals surface area contributed by atoms with Crippen LogP contribution >= 0.6 is 0 Å². The van der Waals surface area contributed by atoms with Crippen molar-refractivity contribution in [2.75, 3.05) is 0 Å². The van der Waals surface area contributed by atoms with Crippen molar-refractivity contribution in [3.8, 4) is 0 Å². The van der Waals surface area contributed by atoms with Gasteiger partial charge >= 0.3 is 0 Å². The van der Waals surface area contributed by atoms with Gasteiger partial charge in [-0.2, -0.15) is 0 Å². The van der Waals surface area contributed by atoms with Crippen LogP contribution in [0.1, 0.15) is 18.6 Å². The quantitative estimate of drug-likeness (QED) is 0.588. The molecule has 0 spiro atoms. The minimum Gasteiger partial charge on any atom is -0.361 e. The third kappa shape index (κ3) is 1.16. The normalized spacial score (nSPS) is 13.0. The van der Waals surface area contributed by atoms with E-state index in [2.05, 4.69) is 9.68 Å². The molecule has 0 aliphatic carbocycles. The number of aromatic nitrogens is 1. The van der Waals surface area contributed by atoms with Crippen LogP contribution in [0, 0.1) is 0 Å².